The molecule has 1 fully saturated rings. The van der Waals surface area contributed by atoms with Crippen LogP contribution in [0.25, 0.3) is 10.1 Å². The van der Waals surface area contributed by atoms with Gasteiger partial charge >= 0.3 is 6.18 Å². The number of hydrogen-bond acceptors (Lipinski definition) is 10. The van der Waals surface area contributed by atoms with E-state index in [-0.39, 0.29) is 46.6 Å². The molecule has 0 aliphatic carbocycles. The van der Waals surface area contributed by atoms with E-state index in [1.165, 1.54) is 4.90 Å². The van der Waals surface area contributed by atoms with Crippen molar-refractivity contribution < 1.29 is 31.4 Å². The summed E-state index contributed by atoms with van der Waals surface area (Å²) in [5.41, 5.74) is -3.57. The first-order chi connectivity index (χ1) is 16.8. The van der Waals surface area contributed by atoms with Gasteiger partial charge in [-0.05, 0) is 18.2 Å². The van der Waals surface area contributed by atoms with Crippen molar-refractivity contribution in [2.24, 2.45) is 0 Å². The number of nitro benzene ring substituents is 2. The Labute approximate surface area is 203 Å². The first kappa shape index (κ1) is 25.4. The Hall–Kier alpha value is -3.70. The zero-order valence-electron chi connectivity index (χ0n) is 17.8. The molecule has 0 amide bonds. The lowest BCUT2D eigenvalue weighted by atomic mass is 10.1. The highest BCUT2D eigenvalue weighted by molar-refractivity contribution is 7.89. The monoisotopic (exact) mass is 545 g/mol. The van der Waals surface area contributed by atoms with Gasteiger partial charge in [-0.25, -0.2) is 8.42 Å². The van der Waals surface area contributed by atoms with Crippen LogP contribution in [-0.4, -0.2) is 53.7 Å². The van der Waals surface area contributed by atoms with Crippen molar-refractivity contribution in [3.63, 3.8) is 0 Å². The number of nitro groups is 2. The van der Waals surface area contributed by atoms with E-state index in [0.29, 0.717) is 23.5 Å². The van der Waals surface area contributed by atoms with Gasteiger partial charge in [0.25, 0.3) is 16.9 Å². The Morgan fingerprint density at radius 3 is 2.11 bits per heavy atom. The van der Waals surface area contributed by atoms with Crippen molar-refractivity contribution in [3.8, 4) is 0 Å². The van der Waals surface area contributed by atoms with Crippen LogP contribution in [-0.2, 0) is 16.2 Å². The van der Waals surface area contributed by atoms with Crippen LogP contribution in [0.2, 0.25) is 0 Å². The minimum absolute atomic E-state index is 0.00254. The number of fused-ring (bicyclic) bond motifs is 1. The van der Waals surface area contributed by atoms with Crippen molar-refractivity contribution in [1.82, 2.24) is 9.29 Å². The number of nitrogens with zero attached hydrogens (tertiary/aromatic N) is 5. The Morgan fingerprint density at radius 2 is 1.58 bits per heavy atom. The van der Waals surface area contributed by atoms with Crippen molar-refractivity contribution in [2.75, 3.05) is 31.1 Å². The quantitative estimate of drug-likeness (QED) is 0.347. The third-order valence-corrected chi connectivity index (χ3v) is 8.49. The van der Waals surface area contributed by atoms with E-state index in [0.717, 1.165) is 28.6 Å². The SMILES string of the molecule is O=c1nc(N2CCN(S(=O)(=O)c3ccc([N+](=O)[O-])cc3)CC2)sc2c([N+](=O)[O-])cc(C(F)(F)F)cc12. The van der Waals surface area contributed by atoms with Gasteiger partial charge in [-0.2, -0.15) is 22.5 Å². The second-order valence-electron chi connectivity index (χ2n) is 7.57. The standard InChI is InChI=1S/C19H14F3N5O7S2/c20-19(21,22)11-9-14-16(15(10-11)27(31)32)35-18(23-17(14)28)24-5-7-25(8-6-24)36(33,34)13-3-1-12(2-4-13)26(29)30/h1-4,9-10H,5-8H2. The normalized spacial score (nSPS) is 15.2. The fraction of sp³-hybridized carbons (Fsp3) is 0.263. The van der Waals surface area contributed by atoms with Crippen LogP contribution in [0.15, 0.2) is 46.1 Å². The number of hydrogen-bond donors (Lipinski definition) is 0. The van der Waals surface area contributed by atoms with Gasteiger partial charge in [0.15, 0.2) is 5.13 Å². The number of alkyl halides is 3. The molecule has 0 spiro atoms. The van der Waals surface area contributed by atoms with E-state index >= 15 is 0 Å². The molecule has 2 heterocycles. The summed E-state index contributed by atoms with van der Waals surface area (Å²) in [5, 5.41) is 21.7. The van der Waals surface area contributed by atoms with Crippen LogP contribution < -0.4 is 10.5 Å². The first-order valence-electron chi connectivity index (χ1n) is 9.99. The molecule has 0 N–H and O–H groups in total. The lowest BCUT2D eigenvalue weighted by Gasteiger charge is -2.34. The topological polar surface area (TPSA) is 157 Å². The van der Waals surface area contributed by atoms with Crippen molar-refractivity contribution in [3.05, 3.63) is 72.5 Å². The average molecular weight is 545 g/mol. The zero-order chi connectivity index (χ0) is 26.4. The predicted molar refractivity (Wildman–Crippen MR) is 122 cm³/mol. The Bertz CT molecular complexity index is 1530. The smallest absolute Gasteiger partial charge is 0.345 e. The number of benzene rings is 2. The number of sulfonamides is 1. The molecule has 4 rings (SSSR count). The van der Waals surface area contributed by atoms with E-state index in [4.69, 9.17) is 0 Å². The number of aromatic nitrogens is 1. The summed E-state index contributed by atoms with van der Waals surface area (Å²) in [4.78, 5) is 38.2. The van der Waals surface area contributed by atoms with Crippen LogP contribution in [0.1, 0.15) is 5.56 Å². The molecule has 0 bridgehead atoms. The maximum absolute atomic E-state index is 13.1. The number of piperazine rings is 1. The Kier molecular flexibility index (Phi) is 6.40. The first-order valence-corrected chi connectivity index (χ1v) is 12.2. The van der Waals surface area contributed by atoms with Crippen molar-refractivity contribution >= 4 is 48.0 Å². The Balaban J connectivity index is 1.61. The fourth-order valence-electron chi connectivity index (χ4n) is 3.58. The average Bonchev–Trinajstić information content (AvgIpc) is 2.82. The van der Waals surface area contributed by atoms with E-state index in [1.54, 1.807) is 0 Å². The second kappa shape index (κ2) is 9.07. The summed E-state index contributed by atoms with van der Waals surface area (Å²) in [6.07, 6.45) is -4.90. The van der Waals surface area contributed by atoms with Gasteiger partial charge in [0.1, 0.15) is 4.70 Å². The van der Waals surface area contributed by atoms with Gasteiger partial charge < -0.3 is 4.90 Å². The third kappa shape index (κ3) is 4.71. The minimum Gasteiger partial charge on any atom is -0.345 e. The second-order valence-corrected chi connectivity index (χ2v) is 10.5. The molecule has 12 nitrogen and oxygen atoms in total. The van der Waals surface area contributed by atoms with Gasteiger partial charge in [-0.1, -0.05) is 11.3 Å². The minimum atomic E-state index is -4.90. The maximum Gasteiger partial charge on any atom is 0.416 e. The number of halogens is 3. The highest BCUT2D eigenvalue weighted by Gasteiger charge is 2.35. The molecule has 1 aliphatic heterocycles. The number of non-ortho nitro benzene ring substituents is 2. The van der Waals surface area contributed by atoms with E-state index < -0.39 is 48.2 Å². The molecule has 0 unspecified atom stereocenters. The Morgan fingerprint density at radius 1 is 0.972 bits per heavy atom. The molecular formula is C19H14F3N5O7S2. The third-order valence-electron chi connectivity index (χ3n) is 5.41. The molecule has 0 atom stereocenters. The molecule has 1 aromatic heterocycles. The van der Waals surface area contributed by atoms with Gasteiger partial charge in [0.05, 0.1) is 25.7 Å². The van der Waals surface area contributed by atoms with Gasteiger partial charge in [-0.3, -0.25) is 25.0 Å². The van der Waals surface area contributed by atoms with E-state index in [1.807, 2.05) is 0 Å². The van der Waals surface area contributed by atoms with Crippen LogP contribution in [0.4, 0.5) is 29.7 Å². The lowest BCUT2D eigenvalue weighted by molar-refractivity contribution is -0.384. The molecule has 2 aromatic carbocycles. The van der Waals surface area contributed by atoms with Crippen LogP contribution in [0.3, 0.4) is 0 Å². The highest BCUT2D eigenvalue weighted by Crippen LogP contribution is 2.38. The van der Waals surface area contributed by atoms with Gasteiger partial charge in [0.2, 0.25) is 10.0 Å². The summed E-state index contributed by atoms with van der Waals surface area (Å²) in [7, 11) is -3.98. The maximum atomic E-state index is 13.1. The molecule has 17 heteroatoms. The van der Waals surface area contributed by atoms with E-state index in [2.05, 4.69) is 4.98 Å². The fourth-order valence-corrected chi connectivity index (χ4v) is 6.12. The largest absolute Gasteiger partial charge is 0.416 e. The molecular weight excluding hydrogens is 531 g/mol. The molecule has 36 heavy (non-hydrogen) atoms. The molecule has 0 radical (unpaired) electrons. The number of rotatable bonds is 5. The van der Waals surface area contributed by atoms with Gasteiger partial charge in [0, 0.05) is 44.4 Å². The predicted octanol–water partition coefficient (Wildman–Crippen LogP) is 3.00. The summed E-state index contributed by atoms with van der Waals surface area (Å²) in [6, 6.07) is 5.24. The molecule has 0 saturated carbocycles. The number of anilines is 1. The molecule has 1 aliphatic rings. The molecule has 1 saturated heterocycles. The van der Waals surface area contributed by atoms with E-state index in [9.17, 15) is 46.6 Å². The van der Waals surface area contributed by atoms with Crippen molar-refractivity contribution in [2.45, 2.75) is 11.1 Å². The summed E-state index contributed by atoms with van der Waals surface area (Å²) in [6.45, 7) is -0.0473. The van der Waals surface area contributed by atoms with Crippen molar-refractivity contribution in [1.29, 1.82) is 0 Å². The summed E-state index contributed by atoms with van der Waals surface area (Å²) < 4.78 is 66.0. The molecule has 3 aromatic rings. The van der Waals surface area contributed by atoms with Gasteiger partial charge in [-0.15, -0.1) is 0 Å². The van der Waals surface area contributed by atoms with Crippen LogP contribution in [0.5, 0.6) is 0 Å². The lowest BCUT2D eigenvalue weighted by Crippen LogP contribution is -2.49. The zero-order valence-corrected chi connectivity index (χ0v) is 19.5. The molecule has 190 valence electrons. The van der Waals surface area contributed by atoms with Crippen LogP contribution >= 0.6 is 11.3 Å². The summed E-state index contributed by atoms with van der Waals surface area (Å²) >= 11 is 0.665. The van der Waals surface area contributed by atoms with Crippen LogP contribution in [0, 0.1) is 20.2 Å². The summed E-state index contributed by atoms with van der Waals surface area (Å²) in [5.74, 6) is 0. The highest BCUT2D eigenvalue weighted by atomic mass is 32.2.